The van der Waals surface area contributed by atoms with Crippen LogP contribution < -0.4 is 4.74 Å². The molecule has 0 saturated carbocycles. The highest BCUT2D eigenvalue weighted by Crippen LogP contribution is 2.31. The molecule has 228 valence electrons. The smallest absolute Gasteiger partial charge is 0.163 e. The van der Waals surface area contributed by atoms with Gasteiger partial charge < -0.3 is 9.64 Å². The molecule has 0 bridgehead atoms. The molecule has 0 N–H and O–H groups in total. The molecule has 4 aromatic carbocycles. The number of hydrogen-bond donors (Lipinski definition) is 0. The number of carbonyl (C=O) groups excluding carboxylic acids is 1. The molecule has 4 aromatic rings. The van der Waals surface area contributed by atoms with Crippen LogP contribution in [0.5, 0.6) is 5.75 Å². The first-order valence-electron chi connectivity index (χ1n) is 16.2. The first-order chi connectivity index (χ1) is 21.6. The van der Waals surface area contributed by atoms with Crippen molar-refractivity contribution >= 4 is 5.78 Å². The molecule has 4 nitrogen and oxygen atoms in total. The lowest BCUT2D eigenvalue weighted by Crippen LogP contribution is -2.40. The van der Waals surface area contributed by atoms with Gasteiger partial charge in [0.05, 0.1) is 0 Å². The highest BCUT2D eigenvalue weighted by Gasteiger charge is 2.26. The predicted octanol–water partition coefficient (Wildman–Crippen LogP) is 8.30. The molecule has 2 heterocycles. The van der Waals surface area contributed by atoms with Crippen LogP contribution in [0.1, 0.15) is 77.5 Å². The third kappa shape index (κ3) is 7.82. The van der Waals surface area contributed by atoms with Gasteiger partial charge >= 0.3 is 0 Å². The number of likely N-dealkylation sites (tertiary alicyclic amines) is 2. The lowest BCUT2D eigenvalue weighted by atomic mass is 9.90. The molecule has 0 amide bonds. The number of halogens is 1. The molecule has 2 aliphatic rings. The Kier molecular flexibility index (Phi) is 10.2. The SMILES string of the molecule is O=C(CCC(c1ccc(F)cc1)N1CCCC1)c1cccc(OC2CCN(CC(c3ccccc3)c3ccccc3)CC2)c1. The Balaban J connectivity index is 1.03. The number of hydrogen-bond acceptors (Lipinski definition) is 4. The van der Waals surface area contributed by atoms with E-state index in [-0.39, 0.29) is 23.7 Å². The van der Waals surface area contributed by atoms with Crippen molar-refractivity contribution in [2.75, 3.05) is 32.7 Å². The monoisotopic (exact) mass is 590 g/mol. The van der Waals surface area contributed by atoms with Crippen LogP contribution in [0.15, 0.2) is 109 Å². The van der Waals surface area contributed by atoms with Gasteiger partial charge in [-0.3, -0.25) is 9.69 Å². The molecule has 2 fully saturated rings. The third-order valence-electron chi connectivity index (χ3n) is 9.32. The summed E-state index contributed by atoms with van der Waals surface area (Å²) in [5.41, 5.74) is 4.49. The van der Waals surface area contributed by atoms with Gasteiger partial charge in [-0.1, -0.05) is 84.9 Å². The Bertz CT molecular complexity index is 1420. The summed E-state index contributed by atoms with van der Waals surface area (Å²) in [6.07, 6.45) is 5.58. The Morgan fingerprint density at radius 1 is 0.750 bits per heavy atom. The molecule has 44 heavy (non-hydrogen) atoms. The van der Waals surface area contributed by atoms with Gasteiger partial charge in [-0.05, 0) is 86.1 Å². The zero-order chi connectivity index (χ0) is 30.1. The van der Waals surface area contributed by atoms with Crippen molar-refractivity contribution in [2.24, 2.45) is 0 Å². The van der Waals surface area contributed by atoms with E-state index in [0.29, 0.717) is 17.9 Å². The van der Waals surface area contributed by atoms with Crippen molar-refractivity contribution in [1.29, 1.82) is 0 Å². The minimum Gasteiger partial charge on any atom is -0.490 e. The maximum absolute atomic E-state index is 13.6. The molecule has 5 heteroatoms. The molecule has 0 spiro atoms. The summed E-state index contributed by atoms with van der Waals surface area (Å²) in [6, 6.07) is 36.2. The standard InChI is InChI=1S/C39H43FN2O2/c40-34-18-16-32(17-19-34)38(42-24-7-8-25-42)20-21-39(43)33-14-9-15-36(28-33)44-35-22-26-41(27-23-35)29-37(30-10-3-1-4-11-30)31-12-5-2-6-13-31/h1-6,9-19,28,35,37-38H,7-8,20-27,29H2. The number of benzene rings is 4. The first-order valence-corrected chi connectivity index (χ1v) is 16.2. The molecule has 0 aromatic heterocycles. The van der Waals surface area contributed by atoms with E-state index in [1.807, 2.05) is 36.4 Å². The fourth-order valence-electron chi connectivity index (χ4n) is 6.89. The third-order valence-corrected chi connectivity index (χ3v) is 9.32. The van der Waals surface area contributed by atoms with E-state index in [1.165, 1.54) is 36.1 Å². The van der Waals surface area contributed by atoms with Gasteiger partial charge in [-0.15, -0.1) is 0 Å². The molecule has 1 atom stereocenters. The zero-order valence-electron chi connectivity index (χ0n) is 25.5. The van der Waals surface area contributed by atoms with Gasteiger partial charge in [0.1, 0.15) is 17.7 Å². The van der Waals surface area contributed by atoms with E-state index in [4.69, 9.17) is 4.74 Å². The van der Waals surface area contributed by atoms with E-state index in [1.54, 1.807) is 0 Å². The molecular weight excluding hydrogens is 547 g/mol. The summed E-state index contributed by atoms with van der Waals surface area (Å²) < 4.78 is 20.0. The van der Waals surface area contributed by atoms with Crippen LogP contribution in [-0.4, -0.2) is 54.4 Å². The summed E-state index contributed by atoms with van der Waals surface area (Å²) in [6.45, 7) is 5.01. The van der Waals surface area contributed by atoms with Crippen LogP contribution in [-0.2, 0) is 0 Å². The van der Waals surface area contributed by atoms with Crippen molar-refractivity contribution in [1.82, 2.24) is 9.80 Å². The molecule has 0 radical (unpaired) electrons. The first kappa shape index (κ1) is 30.2. The second kappa shape index (κ2) is 14.8. The molecule has 0 aliphatic carbocycles. The van der Waals surface area contributed by atoms with Gasteiger partial charge in [-0.2, -0.15) is 0 Å². The summed E-state index contributed by atoms with van der Waals surface area (Å²) in [7, 11) is 0. The van der Waals surface area contributed by atoms with Gasteiger partial charge in [0.2, 0.25) is 0 Å². The Morgan fingerprint density at radius 2 is 1.39 bits per heavy atom. The van der Waals surface area contributed by atoms with E-state index >= 15 is 0 Å². The quantitative estimate of drug-likeness (QED) is 0.155. The second-order valence-corrected chi connectivity index (χ2v) is 12.3. The summed E-state index contributed by atoms with van der Waals surface area (Å²) >= 11 is 0. The molecular formula is C39H43FN2O2. The van der Waals surface area contributed by atoms with E-state index in [2.05, 4.69) is 70.5 Å². The topological polar surface area (TPSA) is 32.8 Å². The largest absolute Gasteiger partial charge is 0.490 e. The predicted molar refractivity (Wildman–Crippen MR) is 175 cm³/mol. The average molecular weight is 591 g/mol. The fourth-order valence-corrected chi connectivity index (χ4v) is 6.89. The molecule has 2 saturated heterocycles. The van der Waals surface area contributed by atoms with Crippen molar-refractivity contribution in [3.63, 3.8) is 0 Å². The van der Waals surface area contributed by atoms with Crippen molar-refractivity contribution in [2.45, 2.75) is 56.6 Å². The van der Waals surface area contributed by atoms with Crippen LogP contribution in [0.3, 0.4) is 0 Å². The number of ketones is 1. The summed E-state index contributed by atoms with van der Waals surface area (Å²) in [5, 5.41) is 0. The maximum atomic E-state index is 13.6. The number of ether oxygens (including phenoxy) is 1. The van der Waals surface area contributed by atoms with E-state index < -0.39 is 0 Å². The summed E-state index contributed by atoms with van der Waals surface area (Å²) in [4.78, 5) is 18.3. The van der Waals surface area contributed by atoms with E-state index in [0.717, 1.165) is 63.3 Å². The number of piperidine rings is 1. The van der Waals surface area contributed by atoms with Crippen LogP contribution in [0.25, 0.3) is 0 Å². The van der Waals surface area contributed by atoms with Crippen LogP contribution in [0.4, 0.5) is 4.39 Å². The molecule has 6 rings (SSSR count). The Hall–Kier alpha value is -3.80. The maximum Gasteiger partial charge on any atom is 0.163 e. The minimum atomic E-state index is -0.226. The van der Waals surface area contributed by atoms with Crippen molar-refractivity contribution in [3.8, 4) is 5.75 Å². The van der Waals surface area contributed by atoms with Gasteiger partial charge in [0, 0.05) is 43.6 Å². The van der Waals surface area contributed by atoms with Gasteiger partial charge in [-0.25, -0.2) is 4.39 Å². The fraction of sp³-hybridized carbons (Fsp3) is 0.359. The number of carbonyl (C=O) groups is 1. The Labute approximate surface area is 261 Å². The van der Waals surface area contributed by atoms with Crippen molar-refractivity contribution < 1.29 is 13.9 Å². The zero-order valence-corrected chi connectivity index (χ0v) is 25.5. The highest BCUT2D eigenvalue weighted by molar-refractivity contribution is 5.96. The molecule has 2 aliphatic heterocycles. The van der Waals surface area contributed by atoms with Crippen LogP contribution in [0.2, 0.25) is 0 Å². The van der Waals surface area contributed by atoms with E-state index in [9.17, 15) is 9.18 Å². The van der Waals surface area contributed by atoms with Gasteiger partial charge in [0.25, 0.3) is 0 Å². The lowest BCUT2D eigenvalue weighted by molar-refractivity contribution is 0.0950. The van der Waals surface area contributed by atoms with Crippen LogP contribution in [0, 0.1) is 5.82 Å². The van der Waals surface area contributed by atoms with Crippen molar-refractivity contribution in [3.05, 3.63) is 137 Å². The average Bonchev–Trinajstić information content (AvgIpc) is 3.61. The van der Waals surface area contributed by atoms with Gasteiger partial charge in [0.15, 0.2) is 5.78 Å². The lowest BCUT2D eigenvalue weighted by Gasteiger charge is -2.34. The second-order valence-electron chi connectivity index (χ2n) is 12.3. The van der Waals surface area contributed by atoms with Crippen LogP contribution >= 0.6 is 0 Å². The summed E-state index contributed by atoms with van der Waals surface area (Å²) in [5.74, 6) is 1.02. The minimum absolute atomic E-state index is 0.129. The highest BCUT2D eigenvalue weighted by atomic mass is 19.1. The number of rotatable bonds is 12. The molecule has 1 unspecified atom stereocenters. The number of nitrogens with zero attached hydrogens (tertiary/aromatic N) is 2. The Morgan fingerprint density at radius 3 is 2.02 bits per heavy atom. The normalized spacial score (nSPS) is 17.1. The number of Topliss-reactive ketones (excluding diaryl/α,β-unsaturated/α-hetero) is 1.